The molecule has 2 aliphatic rings. The van der Waals surface area contributed by atoms with Crippen LogP contribution in [0, 0.1) is 5.92 Å². The van der Waals surface area contributed by atoms with Crippen LogP contribution in [0.25, 0.3) is 0 Å². The van der Waals surface area contributed by atoms with Gasteiger partial charge < -0.3 is 15.6 Å². The number of benzene rings is 1. The molecule has 0 saturated carbocycles. The van der Waals surface area contributed by atoms with Crippen LogP contribution >= 0.6 is 0 Å². The Balaban J connectivity index is 1.99. The first-order valence-electron chi connectivity index (χ1n) is 7.32. The van der Waals surface area contributed by atoms with Gasteiger partial charge in [-0.3, -0.25) is 0 Å². The summed E-state index contributed by atoms with van der Waals surface area (Å²) in [6, 6.07) is 8.47. The van der Waals surface area contributed by atoms with Crippen LogP contribution in [-0.2, 0) is 16.6 Å². The molecule has 0 spiro atoms. The van der Waals surface area contributed by atoms with Gasteiger partial charge in [-0.1, -0.05) is 24.3 Å². The lowest BCUT2D eigenvalue weighted by Gasteiger charge is -2.44. The van der Waals surface area contributed by atoms with Gasteiger partial charge in [0.05, 0.1) is 12.7 Å². The average molecular weight is 261 g/mol. The van der Waals surface area contributed by atoms with Gasteiger partial charge >= 0.3 is 0 Å². The molecule has 1 saturated heterocycles. The van der Waals surface area contributed by atoms with Gasteiger partial charge in [0.1, 0.15) is 0 Å². The average Bonchev–Trinajstić information content (AvgIpc) is 3.00. The molecule has 19 heavy (non-hydrogen) atoms. The second-order valence-corrected chi connectivity index (χ2v) is 5.94. The van der Waals surface area contributed by atoms with Crippen LogP contribution in [0.4, 0.5) is 0 Å². The quantitative estimate of drug-likeness (QED) is 0.869. The van der Waals surface area contributed by atoms with Crippen molar-refractivity contribution in [1.82, 2.24) is 0 Å². The Morgan fingerprint density at radius 2 is 2.26 bits per heavy atom. The fourth-order valence-electron chi connectivity index (χ4n) is 3.85. The maximum absolute atomic E-state index is 10.9. The highest BCUT2D eigenvalue weighted by Crippen LogP contribution is 2.42. The van der Waals surface area contributed by atoms with Crippen molar-refractivity contribution in [2.45, 2.75) is 37.2 Å². The number of fused-ring (bicyclic) bond motifs is 1. The first kappa shape index (κ1) is 13.1. The van der Waals surface area contributed by atoms with Crippen LogP contribution in [0.15, 0.2) is 24.3 Å². The van der Waals surface area contributed by atoms with E-state index in [-0.39, 0.29) is 17.4 Å². The zero-order valence-electron chi connectivity index (χ0n) is 11.3. The summed E-state index contributed by atoms with van der Waals surface area (Å²) in [7, 11) is 0. The zero-order valence-corrected chi connectivity index (χ0v) is 11.3. The normalized spacial score (nSPS) is 32.0. The van der Waals surface area contributed by atoms with Crippen LogP contribution in [-0.4, -0.2) is 31.0 Å². The minimum Gasteiger partial charge on any atom is -0.392 e. The van der Waals surface area contributed by atoms with Gasteiger partial charge in [0.15, 0.2) is 0 Å². The van der Waals surface area contributed by atoms with Crippen molar-refractivity contribution in [2.75, 3.05) is 19.8 Å². The van der Waals surface area contributed by atoms with E-state index >= 15 is 0 Å². The van der Waals surface area contributed by atoms with E-state index in [4.69, 9.17) is 10.5 Å². The number of hydrogen-bond acceptors (Lipinski definition) is 3. The molecule has 3 N–H and O–H groups in total. The largest absolute Gasteiger partial charge is 0.392 e. The van der Waals surface area contributed by atoms with E-state index in [0.29, 0.717) is 13.2 Å². The van der Waals surface area contributed by atoms with Crippen LogP contribution < -0.4 is 5.73 Å². The third kappa shape index (κ3) is 2.10. The highest BCUT2D eigenvalue weighted by atomic mass is 16.5. The van der Waals surface area contributed by atoms with E-state index in [1.165, 1.54) is 11.1 Å². The Morgan fingerprint density at radius 1 is 1.42 bits per heavy atom. The fraction of sp³-hybridized carbons (Fsp3) is 0.625. The summed E-state index contributed by atoms with van der Waals surface area (Å²) in [6.45, 7) is 1.96. The molecule has 0 aromatic heterocycles. The molecule has 3 atom stereocenters. The summed E-state index contributed by atoms with van der Waals surface area (Å²) in [5.41, 5.74) is 8.48. The maximum atomic E-state index is 10.9. The molecule has 3 rings (SSSR count). The van der Waals surface area contributed by atoms with Gasteiger partial charge in [0.2, 0.25) is 0 Å². The summed E-state index contributed by atoms with van der Waals surface area (Å²) in [5.74, 6) is 0.231. The monoisotopic (exact) mass is 261 g/mol. The molecular weight excluding hydrogens is 238 g/mol. The third-order valence-electron chi connectivity index (χ3n) is 4.96. The first-order chi connectivity index (χ1) is 9.28. The SMILES string of the molecule is NCC1(C(O)C2CCOC2)CCCc2ccccc21. The Kier molecular flexibility index (Phi) is 3.61. The van der Waals surface area contributed by atoms with Gasteiger partial charge in [-0.2, -0.15) is 0 Å². The first-order valence-corrected chi connectivity index (χ1v) is 7.32. The minimum absolute atomic E-state index is 0.231. The van der Waals surface area contributed by atoms with Crippen molar-refractivity contribution in [1.29, 1.82) is 0 Å². The summed E-state index contributed by atoms with van der Waals surface area (Å²) in [4.78, 5) is 0. The van der Waals surface area contributed by atoms with Crippen molar-refractivity contribution in [3.8, 4) is 0 Å². The predicted molar refractivity (Wildman–Crippen MR) is 75.0 cm³/mol. The summed E-state index contributed by atoms with van der Waals surface area (Å²) < 4.78 is 5.45. The van der Waals surface area contributed by atoms with Crippen LogP contribution in [0.1, 0.15) is 30.4 Å². The zero-order chi connectivity index (χ0) is 13.3. The molecule has 1 heterocycles. The van der Waals surface area contributed by atoms with Crippen LogP contribution in [0.5, 0.6) is 0 Å². The standard InChI is InChI=1S/C16H23NO2/c17-11-16(15(18)13-7-9-19-10-13)8-3-5-12-4-1-2-6-14(12)16/h1-2,4,6,13,15,18H,3,5,7-11,17H2. The van der Waals surface area contributed by atoms with Crippen molar-refractivity contribution >= 4 is 0 Å². The maximum Gasteiger partial charge on any atom is 0.0700 e. The molecule has 0 bridgehead atoms. The predicted octanol–water partition coefficient (Wildman–Crippen LogP) is 1.62. The van der Waals surface area contributed by atoms with Gasteiger partial charge in [0, 0.05) is 24.5 Å². The Labute approximate surface area is 114 Å². The number of aliphatic hydroxyl groups is 1. The van der Waals surface area contributed by atoms with Crippen molar-refractivity contribution in [3.63, 3.8) is 0 Å². The Bertz CT molecular complexity index is 442. The van der Waals surface area contributed by atoms with E-state index in [1.807, 2.05) is 0 Å². The highest BCUT2D eigenvalue weighted by Gasteiger charge is 2.45. The van der Waals surface area contributed by atoms with Crippen LogP contribution in [0.3, 0.4) is 0 Å². The molecule has 1 aliphatic heterocycles. The molecule has 1 aliphatic carbocycles. The van der Waals surface area contributed by atoms with E-state index in [1.54, 1.807) is 0 Å². The molecule has 3 heteroatoms. The Morgan fingerprint density at radius 3 is 3.00 bits per heavy atom. The van der Waals surface area contributed by atoms with E-state index in [9.17, 15) is 5.11 Å². The smallest absolute Gasteiger partial charge is 0.0700 e. The van der Waals surface area contributed by atoms with E-state index in [0.717, 1.165) is 32.3 Å². The fourth-order valence-corrected chi connectivity index (χ4v) is 3.85. The molecule has 1 aromatic rings. The lowest BCUT2D eigenvalue weighted by molar-refractivity contribution is 0.0170. The molecule has 0 amide bonds. The van der Waals surface area contributed by atoms with Crippen molar-refractivity contribution < 1.29 is 9.84 Å². The topological polar surface area (TPSA) is 55.5 Å². The number of nitrogens with two attached hydrogens (primary N) is 1. The second-order valence-electron chi connectivity index (χ2n) is 5.94. The molecule has 3 nitrogen and oxygen atoms in total. The molecule has 0 radical (unpaired) electrons. The summed E-state index contributed by atoms with van der Waals surface area (Å²) >= 11 is 0. The lowest BCUT2D eigenvalue weighted by atomic mass is 9.64. The van der Waals surface area contributed by atoms with Gasteiger partial charge in [-0.25, -0.2) is 0 Å². The number of hydrogen-bond donors (Lipinski definition) is 2. The van der Waals surface area contributed by atoms with E-state index in [2.05, 4.69) is 24.3 Å². The van der Waals surface area contributed by atoms with Crippen LogP contribution in [0.2, 0.25) is 0 Å². The number of aryl methyl sites for hydroxylation is 1. The van der Waals surface area contributed by atoms with Crippen molar-refractivity contribution in [3.05, 3.63) is 35.4 Å². The molecule has 1 aromatic carbocycles. The second kappa shape index (κ2) is 5.23. The number of rotatable bonds is 3. The molecule has 1 fully saturated rings. The third-order valence-corrected chi connectivity index (χ3v) is 4.96. The van der Waals surface area contributed by atoms with E-state index < -0.39 is 0 Å². The minimum atomic E-state index is -0.388. The van der Waals surface area contributed by atoms with Gasteiger partial charge in [0.25, 0.3) is 0 Å². The number of aliphatic hydroxyl groups excluding tert-OH is 1. The highest BCUT2D eigenvalue weighted by molar-refractivity contribution is 5.38. The van der Waals surface area contributed by atoms with Gasteiger partial charge in [-0.05, 0) is 36.8 Å². The lowest BCUT2D eigenvalue weighted by Crippen LogP contribution is -2.51. The van der Waals surface area contributed by atoms with Crippen molar-refractivity contribution in [2.24, 2.45) is 11.7 Å². The summed E-state index contributed by atoms with van der Waals surface area (Å²) in [5, 5.41) is 10.9. The molecule has 104 valence electrons. The molecular formula is C16H23NO2. The summed E-state index contributed by atoms with van der Waals surface area (Å²) in [6.07, 6.45) is 3.76. The number of ether oxygens (including phenoxy) is 1. The van der Waals surface area contributed by atoms with Gasteiger partial charge in [-0.15, -0.1) is 0 Å². The molecule has 3 unspecified atom stereocenters. The Hall–Kier alpha value is -0.900.